The molecular weight excluding hydrogens is 506 g/mol. The van der Waals surface area contributed by atoms with Crippen molar-refractivity contribution < 1.29 is 27.8 Å². The highest BCUT2D eigenvalue weighted by molar-refractivity contribution is 6.19. The highest BCUT2D eigenvalue weighted by Crippen LogP contribution is 2.40. The van der Waals surface area contributed by atoms with E-state index in [4.69, 9.17) is 15.2 Å². The number of carbonyl (C=O) groups excluding carboxylic acids is 2. The fraction of sp³-hybridized carbons (Fsp3) is 0.138. The fourth-order valence-electron chi connectivity index (χ4n) is 5.02. The molecule has 5 aromatic rings. The summed E-state index contributed by atoms with van der Waals surface area (Å²) in [5.41, 5.74) is 8.06. The Hall–Kier alpha value is -4.83. The van der Waals surface area contributed by atoms with E-state index in [1.807, 2.05) is 6.07 Å². The summed E-state index contributed by atoms with van der Waals surface area (Å²) in [6, 6.07) is 14.0. The number of pyridine rings is 1. The predicted molar refractivity (Wildman–Crippen MR) is 142 cm³/mol. The van der Waals surface area contributed by atoms with E-state index in [0.717, 1.165) is 6.07 Å². The van der Waals surface area contributed by atoms with Gasteiger partial charge in [0.25, 0.3) is 11.8 Å². The molecule has 8 nitrogen and oxygen atoms in total. The highest BCUT2D eigenvalue weighted by Gasteiger charge is 2.31. The number of hydrogen-bond donors (Lipinski definition) is 2. The second kappa shape index (κ2) is 9.48. The van der Waals surface area contributed by atoms with Gasteiger partial charge in [-0.3, -0.25) is 9.59 Å². The monoisotopic (exact) mass is 528 g/mol. The second-order valence-corrected chi connectivity index (χ2v) is 9.14. The van der Waals surface area contributed by atoms with Gasteiger partial charge >= 0.3 is 0 Å². The lowest BCUT2D eigenvalue weighted by atomic mass is 9.99. The number of rotatable bonds is 7. The number of hydrogen-bond acceptors (Lipinski definition) is 5. The third kappa shape index (κ3) is 4.05. The number of aromatic amines is 1. The maximum Gasteiger partial charge on any atom is 0.269 e. The summed E-state index contributed by atoms with van der Waals surface area (Å²) in [6.45, 7) is 0.882. The lowest BCUT2D eigenvalue weighted by Crippen LogP contribution is -2.24. The van der Waals surface area contributed by atoms with E-state index in [1.165, 1.54) is 29.3 Å². The lowest BCUT2D eigenvalue weighted by Gasteiger charge is -2.18. The molecule has 0 saturated carbocycles. The van der Waals surface area contributed by atoms with Gasteiger partial charge in [-0.15, -0.1) is 0 Å². The van der Waals surface area contributed by atoms with Crippen LogP contribution in [0.4, 0.5) is 14.5 Å². The van der Waals surface area contributed by atoms with Crippen LogP contribution in [-0.2, 0) is 11.3 Å². The fourth-order valence-corrected chi connectivity index (χ4v) is 5.02. The van der Waals surface area contributed by atoms with Crippen molar-refractivity contribution in [2.24, 2.45) is 5.73 Å². The van der Waals surface area contributed by atoms with Crippen LogP contribution in [0.25, 0.3) is 32.9 Å². The molecule has 10 heteroatoms. The van der Waals surface area contributed by atoms with E-state index >= 15 is 4.39 Å². The Morgan fingerprint density at radius 2 is 1.92 bits per heavy atom. The average molecular weight is 529 g/mol. The van der Waals surface area contributed by atoms with Gasteiger partial charge in [-0.05, 0) is 35.9 Å². The van der Waals surface area contributed by atoms with Crippen LogP contribution in [-0.4, -0.2) is 42.1 Å². The molecule has 0 saturated heterocycles. The van der Waals surface area contributed by atoms with Gasteiger partial charge in [-0.25, -0.2) is 13.8 Å². The summed E-state index contributed by atoms with van der Waals surface area (Å²) in [7, 11) is 1.58. The molecule has 2 amide bonds. The zero-order valence-corrected chi connectivity index (χ0v) is 20.8. The number of nitrogens with zero attached hydrogens (tertiary/aromatic N) is 2. The molecular formula is C29H22F2N4O4. The Labute approximate surface area is 221 Å². The van der Waals surface area contributed by atoms with Crippen molar-refractivity contribution in [1.29, 1.82) is 0 Å². The summed E-state index contributed by atoms with van der Waals surface area (Å²) in [6.07, 6.45) is 1.40. The number of H-pyrrole nitrogens is 1. The van der Waals surface area contributed by atoms with Crippen molar-refractivity contribution >= 4 is 39.3 Å². The molecule has 6 rings (SSSR count). The number of amides is 2. The number of methoxy groups -OCH3 is 1. The first kappa shape index (κ1) is 24.5. The van der Waals surface area contributed by atoms with Crippen LogP contribution in [0, 0.1) is 11.6 Å². The van der Waals surface area contributed by atoms with Crippen molar-refractivity contribution in [3.05, 3.63) is 89.2 Å². The molecule has 1 aliphatic heterocycles. The molecule has 0 unspecified atom stereocenters. The number of aromatic nitrogens is 2. The number of anilines is 1. The first-order chi connectivity index (χ1) is 18.9. The van der Waals surface area contributed by atoms with Gasteiger partial charge in [-0.1, -0.05) is 18.2 Å². The quantitative estimate of drug-likeness (QED) is 0.291. The molecule has 1 aliphatic rings. The van der Waals surface area contributed by atoms with Crippen molar-refractivity contribution in [1.82, 2.24) is 9.97 Å². The van der Waals surface area contributed by atoms with E-state index in [0.29, 0.717) is 51.9 Å². The molecule has 39 heavy (non-hydrogen) atoms. The van der Waals surface area contributed by atoms with Crippen molar-refractivity contribution in [3.63, 3.8) is 0 Å². The van der Waals surface area contributed by atoms with Gasteiger partial charge in [0.15, 0.2) is 11.5 Å². The van der Waals surface area contributed by atoms with E-state index in [2.05, 4.69) is 9.97 Å². The first-order valence-corrected chi connectivity index (χ1v) is 12.1. The van der Waals surface area contributed by atoms with Crippen LogP contribution in [0.3, 0.4) is 0 Å². The van der Waals surface area contributed by atoms with Crippen LogP contribution in [0.2, 0.25) is 0 Å². The van der Waals surface area contributed by atoms with Gasteiger partial charge in [0.1, 0.15) is 18.2 Å². The van der Waals surface area contributed by atoms with Gasteiger partial charge in [0, 0.05) is 46.8 Å². The molecule has 3 aromatic carbocycles. The molecule has 0 atom stereocenters. The number of benzene rings is 3. The minimum atomic E-state index is -0.739. The van der Waals surface area contributed by atoms with Gasteiger partial charge < -0.3 is 25.1 Å². The number of ether oxygens (including phenoxy) is 2. The van der Waals surface area contributed by atoms with Gasteiger partial charge in [0.05, 0.1) is 29.9 Å². The lowest BCUT2D eigenvalue weighted by molar-refractivity contribution is 0.0988. The number of nitrogens with one attached hydrogen (secondary N) is 1. The van der Waals surface area contributed by atoms with E-state index in [-0.39, 0.29) is 29.1 Å². The Balaban J connectivity index is 1.49. The van der Waals surface area contributed by atoms with Crippen LogP contribution < -0.4 is 15.4 Å². The van der Waals surface area contributed by atoms with Crippen molar-refractivity contribution in [2.45, 2.75) is 6.54 Å². The summed E-state index contributed by atoms with van der Waals surface area (Å²) in [4.78, 5) is 34.0. The number of carbonyl (C=O) groups is 2. The van der Waals surface area contributed by atoms with Crippen molar-refractivity contribution in [2.75, 3.05) is 25.2 Å². The van der Waals surface area contributed by atoms with Crippen LogP contribution in [0.1, 0.15) is 26.4 Å². The minimum absolute atomic E-state index is 0.00978. The summed E-state index contributed by atoms with van der Waals surface area (Å²) >= 11 is 0. The first-order valence-electron chi connectivity index (χ1n) is 12.1. The van der Waals surface area contributed by atoms with Crippen molar-refractivity contribution in [3.8, 4) is 16.9 Å². The normalized spacial score (nSPS) is 12.9. The smallest absolute Gasteiger partial charge is 0.269 e. The zero-order valence-electron chi connectivity index (χ0n) is 20.8. The Morgan fingerprint density at radius 3 is 2.72 bits per heavy atom. The maximum absolute atomic E-state index is 16.2. The van der Waals surface area contributed by atoms with Gasteiger partial charge in [-0.2, -0.15) is 0 Å². The Bertz CT molecular complexity index is 1800. The number of nitrogens with two attached hydrogens (primary N) is 1. The van der Waals surface area contributed by atoms with Crippen LogP contribution in [0.5, 0.6) is 5.75 Å². The topological polar surface area (TPSA) is 111 Å². The van der Waals surface area contributed by atoms with Gasteiger partial charge in [0.2, 0.25) is 0 Å². The number of halogens is 2. The molecule has 2 aromatic heterocycles. The molecule has 3 heterocycles. The second-order valence-electron chi connectivity index (χ2n) is 9.14. The highest BCUT2D eigenvalue weighted by atomic mass is 19.1. The van der Waals surface area contributed by atoms with E-state index in [9.17, 15) is 14.0 Å². The summed E-state index contributed by atoms with van der Waals surface area (Å²) < 4.78 is 40.7. The SMILES string of the molecule is COCCOc1ccc2c(c1)[nH]c1c(C(N)=O)ncc(-c3cccc(N4Cc5ccc(F)cc5C4=O)c3F)c12. The Kier molecular flexibility index (Phi) is 5.96. The molecule has 196 valence electrons. The minimum Gasteiger partial charge on any atom is -0.491 e. The molecule has 0 spiro atoms. The molecule has 0 radical (unpaired) electrons. The number of fused-ring (bicyclic) bond motifs is 4. The van der Waals surface area contributed by atoms with Crippen LogP contribution in [0.15, 0.2) is 60.8 Å². The third-order valence-corrected chi connectivity index (χ3v) is 6.82. The summed E-state index contributed by atoms with van der Waals surface area (Å²) in [5.74, 6) is -1.83. The molecule has 0 bridgehead atoms. The standard InChI is InChI=1S/C29H22F2N4O4/c1-38-9-10-39-17-7-8-19-22(12-17)34-26-24(19)21(13-33-27(26)28(32)36)18-3-2-4-23(25(18)31)35-14-15-5-6-16(30)11-20(15)29(35)37/h2-8,11-13,34H,9-10,14H2,1H3,(H2,32,36). The third-order valence-electron chi connectivity index (χ3n) is 6.82. The van der Waals surface area contributed by atoms with E-state index < -0.39 is 23.4 Å². The Morgan fingerprint density at radius 1 is 1.08 bits per heavy atom. The predicted octanol–water partition coefficient (Wildman–Crippen LogP) is 4.95. The van der Waals surface area contributed by atoms with Crippen LogP contribution >= 0.6 is 0 Å². The molecule has 0 fully saturated rings. The largest absolute Gasteiger partial charge is 0.491 e. The molecule has 0 aliphatic carbocycles. The zero-order chi connectivity index (χ0) is 27.3. The molecule has 3 N–H and O–H groups in total. The summed E-state index contributed by atoms with van der Waals surface area (Å²) in [5, 5.41) is 1.25. The number of primary amides is 1. The van der Waals surface area contributed by atoms with E-state index in [1.54, 1.807) is 31.4 Å². The maximum atomic E-state index is 16.2. The average Bonchev–Trinajstić information content (AvgIpc) is 3.46.